The van der Waals surface area contributed by atoms with Gasteiger partial charge in [0.15, 0.2) is 0 Å². The van der Waals surface area contributed by atoms with Crippen molar-refractivity contribution in [1.29, 1.82) is 0 Å². The molecule has 112 valence electrons. The van der Waals surface area contributed by atoms with Crippen molar-refractivity contribution in [2.24, 2.45) is 0 Å². The van der Waals surface area contributed by atoms with Gasteiger partial charge in [-0.25, -0.2) is 0 Å². The predicted molar refractivity (Wildman–Crippen MR) is 79.2 cm³/mol. The van der Waals surface area contributed by atoms with E-state index in [1.165, 1.54) is 12.1 Å². The molecule has 0 saturated carbocycles. The molecule has 6 nitrogen and oxygen atoms in total. The number of hydrogen-bond acceptors (Lipinski definition) is 5. The van der Waals surface area contributed by atoms with E-state index in [1.54, 1.807) is 6.07 Å². The van der Waals surface area contributed by atoms with Crippen molar-refractivity contribution in [1.82, 2.24) is 10.2 Å². The third-order valence-corrected chi connectivity index (χ3v) is 2.89. The quantitative estimate of drug-likeness (QED) is 0.429. The molecule has 0 heterocycles. The Balaban J connectivity index is 2.31. The molecule has 0 radical (unpaired) electrons. The zero-order valence-corrected chi connectivity index (χ0v) is 12.5. The second kappa shape index (κ2) is 8.86. The third kappa shape index (κ3) is 6.29. The van der Waals surface area contributed by atoms with Crippen LogP contribution < -0.4 is 5.32 Å². The lowest BCUT2D eigenvalue weighted by Gasteiger charge is -2.10. The highest BCUT2D eigenvalue weighted by Gasteiger charge is 2.13. The van der Waals surface area contributed by atoms with Crippen molar-refractivity contribution in [3.05, 3.63) is 38.9 Å². The first-order valence-electron chi connectivity index (χ1n) is 6.36. The minimum absolute atomic E-state index is 0.0791. The first kappa shape index (κ1) is 16.8. The first-order chi connectivity index (χ1) is 9.50. The van der Waals surface area contributed by atoms with Crippen LogP contribution in [0.25, 0.3) is 0 Å². The van der Waals surface area contributed by atoms with Crippen LogP contribution in [-0.4, -0.2) is 50.2 Å². The SMILES string of the molecule is CN(C)CCOCCNCc1cc(Cl)ccc1[N+](=O)[O-]. The molecule has 0 aliphatic rings. The van der Waals surface area contributed by atoms with Crippen LogP contribution in [0.1, 0.15) is 5.56 Å². The van der Waals surface area contributed by atoms with E-state index >= 15 is 0 Å². The highest BCUT2D eigenvalue weighted by atomic mass is 35.5. The molecule has 0 saturated heterocycles. The zero-order chi connectivity index (χ0) is 15.0. The molecule has 0 bridgehead atoms. The van der Waals surface area contributed by atoms with Crippen LogP contribution in [0.4, 0.5) is 5.69 Å². The maximum absolute atomic E-state index is 10.9. The average Bonchev–Trinajstić information content (AvgIpc) is 2.37. The zero-order valence-electron chi connectivity index (χ0n) is 11.8. The van der Waals surface area contributed by atoms with Gasteiger partial charge in [-0.15, -0.1) is 0 Å². The number of rotatable bonds is 9. The van der Waals surface area contributed by atoms with Crippen molar-refractivity contribution < 1.29 is 9.66 Å². The summed E-state index contributed by atoms with van der Waals surface area (Å²) in [5, 5.41) is 14.5. The number of nitro benzene ring substituents is 1. The summed E-state index contributed by atoms with van der Waals surface area (Å²) in [7, 11) is 3.97. The van der Waals surface area contributed by atoms with Crippen LogP contribution in [-0.2, 0) is 11.3 Å². The molecule has 0 atom stereocenters. The summed E-state index contributed by atoms with van der Waals surface area (Å²) < 4.78 is 5.42. The fraction of sp³-hybridized carbons (Fsp3) is 0.538. The van der Waals surface area contributed by atoms with Gasteiger partial charge in [0.2, 0.25) is 0 Å². The van der Waals surface area contributed by atoms with Crippen LogP contribution in [0.5, 0.6) is 0 Å². The van der Waals surface area contributed by atoms with Gasteiger partial charge < -0.3 is 15.0 Å². The van der Waals surface area contributed by atoms with E-state index in [9.17, 15) is 10.1 Å². The van der Waals surface area contributed by atoms with Gasteiger partial charge in [0.05, 0.1) is 18.1 Å². The second-order valence-corrected chi connectivity index (χ2v) is 5.06. The molecule has 0 aromatic heterocycles. The molecule has 1 rings (SSSR count). The minimum Gasteiger partial charge on any atom is -0.379 e. The Bertz CT molecular complexity index is 441. The number of nitrogens with zero attached hydrogens (tertiary/aromatic N) is 2. The Kier molecular flexibility index (Phi) is 7.46. The molecule has 0 fully saturated rings. The number of likely N-dealkylation sites (N-methyl/N-ethyl adjacent to an activating group) is 1. The number of nitrogens with one attached hydrogen (secondary N) is 1. The van der Waals surface area contributed by atoms with E-state index in [1.807, 2.05) is 19.0 Å². The number of halogens is 1. The average molecular weight is 302 g/mol. The third-order valence-electron chi connectivity index (χ3n) is 2.66. The van der Waals surface area contributed by atoms with Gasteiger partial charge in [-0.2, -0.15) is 0 Å². The Hall–Kier alpha value is -1.21. The van der Waals surface area contributed by atoms with Crippen LogP contribution in [0.2, 0.25) is 5.02 Å². The Morgan fingerprint density at radius 1 is 1.40 bits per heavy atom. The molecule has 0 amide bonds. The van der Waals surface area contributed by atoms with Crippen LogP contribution in [0.3, 0.4) is 0 Å². The number of hydrogen-bond donors (Lipinski definition) is 1. The Morgan fingerprint density at radius 3 is 2.80 bits per heavy atom. The lowest BCUT2D eigenvalue weighted by atomic mass is 10.2. The van der Waals surface area contributed by atoms with Gasteiger partial charge in [0.25, 0.3) is 5.69 Å². The van der Waals surface area contributed by atoms with Gasteiger partial charge in [-0.3, -0.25) is 10.1 Å². The van der Waals surface area contributed by atoms with E-state index in [2.05, 4.69) is 5.32 Å². The second-order valence-electron chi connectivity index (χ2n) is 4.62. The summed E-state index contributed by atoms with van der Waals surface area (Å²) in [6, 6.07) is 4.56. The topological polar surface area (TPSA) is 67.6 Å². The van der Waals surface area contributed by atoms with Gasteiger partial charge in [-0.05, 0) is 26.2 Å². The van der Waals surface area contributed by atoms with Crippen molar-refractivity contribution in [3.8, 4) is 0 Å². The number of ether oxygens (including phenoxy) is 1. The van der Waals surface area contributed by atoms with Crippen molar-refractivity contribution in [3.63, 3.8) is 0 Å². The normalized spacial score (nSPS) is 11.0. The lowest BCUT2D eigenvalue weighted by Crippen LogP contribution is -2.23. The van der Waals surface area contributed by atoms with Gasteiger partial charge >= 0.3 is 0 Å². The predicted octanol–water partition coefficient (Wildman–Crippen LogP) is 1.92. The molecular weight excluding hydrogens is 282 g/mol. The fourth-order valence-corrected chi connectivity index (χ4v) is 1.79. The molecule has 1 aromatic rings. The molecule has 0 aliphatic carbocycles. The smallest absolute Gasteiger partial charge is 0.273 e. The van der Waals surface area contributed by atoms with Gasteiger partial charge in [-0.1, -0.05) is 11.6 Å². The number of benzene rings is 1. The monoisotopic (exact) mass is 301 g/mol. The van der Waals surface area contributed by atoms with Gasteiger partial charge in [0, 0.05) is 36.3 Å². The van der Waals surface area contributed by atoms with Crippen LogP contribution in [0.15, 0.2) is 18.2 Å². The molecule has 0 spiro atoms. The summed E-state index contributed by atoms with van der Waals surface area (Å²) in [5.41, 5.74) is 0.659. The molecule has 1 aromatic carbocycles. The lowest BCUT2D eigenvalue weighted by molar-refractivity contribution is -0.385. The minimum atomic E-state index is -0.402. The summed E-state index contributed by atoms with van der Waals surface area (Å²) in [4.78, 5) is 12.5. The van der Waals surface area contributed by atoms with E-state index in [0.29, 0.717) is 36.9 Å². The van der Waals surface area contributed by atoms with Crippen LogP contribution in [0, 0.1) is 10.1 Å². The van der Waals surface area contributed by atoms with E-state index < -0.39 is 4.92 Å². The summed E-state index contributed by atoms with van der Waals surface area (Å²) >= 11 is 5.85. The van der Waals surface area contributed by atoms with Gasteiger partial charge in [0.1, 0.15) is 0 Å². The molecule has 20 heavy (non-hydrogen) atoms. The van der Waals surface area contributed by atoms with E-state index in [-0.39, 0.29) is 5.69 Å². The maximum Gasteiger partial charge on any atom is 0.273 e. The molecule has 1 N–H and O–H groups in total. The largest absolute Gasteiger partial charge is 0.379 e. The maximum atomic E-state index is 10.9. The Labute approximate surface area is 123 Å². The molecule has 7 heteroatoms. The summed E-state index contributed by atoms with van der Waals surface area (Å²) in [5.74, 6) is 0. The highest BCUT2D eigenvalue weighted by molar-refractivity contribution is 6.30. The van der Waals surface area contributed by atoms with E-state index in [0.717, 1.165) is 6.54 Å². The van der Waals surface area contributed by atoms with Crippen molar-refractivity contribution >= 4 is 17.3 Å². The van der Waals surface area contributed by atoms with E-state index in [4.69, 9.17) is 16.3 Å². The first-order valence-corrected chi connectivity index (χ1v) is 6.74. The Morgan fingerprint density at radius 2 is 2.15 bits per heavy atom. The molecular formula is C13H20ClN3O3. The molecule has 0 aliphatic heterocycles. The van der Waals surface area contributed by atoms with Crippen molar-refractivity contribution in [2.75, 3.05) is 40.4 Å². The molecule has 0 unspecified atom stereocenters. The van der Waals surface area contributed by atoms with Crippen molar-refractivity contribution in [2.45, 2.75) is 6.54 Å². The highest BCUT2D eigenvalue weighted by Crippen LogP contribution is 2.22. The van der Waals surface area contributed by atoms with Crippen LogP contribution >= 0.6 is 11.6 Å². The fourth-order valence-electron chi connectivity index (χ4n) is 1.59. The summed E-state index contributed by atoms with van der Waals surface area (Å²) in [6.07, 6.45) is 0. The standard InChI is InChI=1S/C13H20ClN3O3/c1-16(2)6-8-20-7-5-15-10-11-9-12(14)3-4-13(11)17(18)19/h3-4,9,15H,5-8,10H2,1-2H3. The number of nitro groups is 1. The summed E-state index contributed by atoms with van der Waals surface area (Å²) in [6.45, 7) is 3.15.